The van der Waals surface area contributed by atoms with Crippen LogP contribution in [0.5, 0.6) is 6.01 Å². The zero-order valence-electron chi connectivity index (χ0n) is 22.3. The molecule has 0 aliphatic heterocycles. The molecule has 3 N–H and O–H groups in total. The zero-order valence-corrected chi connectivity index (χ0v) is 22.3. The zero-order chi connectivity index (χ0) is 27.2. The van der Waals surface area contributed by atoms with Crippen molar-refractivity contribution in [3.63, 3.8) is 0 Å². The highest BCUT2D eigenvalue weighted by Crippen LogP contribution is 2.28. The van der Waals surface area contributed by atoms with Crippen molar-refractivity contribution in [3.05, 3.63) is 24.8 Å². The van der Waals surface area contributed by atoms with Gasteiger partial charge in [0.1, 0.15) is 5.60 Å². The van der Waals surface area contributed by atoms with Gasteiger partial charge in [-0.05, 0) is 60.3 Å². The van der Waals surface area contributed by atoms with Crippen LogP contribution in [0.25, 0.3) is 11.3 Å². The first kappa shape index (κ1) is 28.0. The second kappa shape index (κ2) is 11.7. The molecule has 2 aromatic heterocycles. The summed E-state index contributed by atoms with van der Waals surface area (Å²) in [7, 11) is 1.49. The number of alkyl carbamates (subject to hydrolysis) is 1. The van der Waals surface area contributed by atoms with Crippen molar-refractivity contribution in [2.75, 3.05) is 18.6 Å². The third kappa shape index (κ3) is 8.52. The third-order valence-electron chi connectivity index (χ3n) is 5.67. The summed E-state index contributed by atoms with van der Waals surface area (Å²) in [5, 5.41) is 15.8. The molecule has 3 amide bonds. The van der Waals surface area contributed by atoms with Crippen LogP contribution < -0.4 is 20.3 Å². The van der Waals surface area contributed by atoms with Crippen LogP contribution in [-0.4, -0.2) is 74.1 Å². The van der Waals surface area contributed by atoms with Crippen LogP contribution in [0, 0.1) is 0 Å². The predicted molar refractivity (Wildman–Crippen MR) is 137 cm³/mol. The second-order valence-corrected chi connectivity index (χ2v) is 10.7. The molecular weight excluding hydrogens is 478 g/mol. The average Bonchev–Trinajstić information content (AvgIpc) is 2.83. The summed E-state index contributed by atoms with van der Waals surface area (Å²) in [6.07, 6.45) is 8.46. The van der Waals surface area contributed by atoms with Crippen LogP contribution in [-0.2, 0) is 4.74 Å². The Hall–Kier alpha value is -3.54. The van der Waals surface area contributed by atoms with Gasteiger partial charge in [-0.2, -0.15) is 0 Å². The summed E-state index contributed by atoms with van der Waals surface area (Å²) >= 11 is 0. The number of anilines is 1. The Morgan fingerprint density at radius 2 is 1.65 bits per heavy atom. The number of hydrogen-bond acceptors (Lipinski definition) is 9. The Kier molecular flexibility index (Phi) is 8.85. The molecule has 0 bridgehead atoms. The number of carbonyl (C=O) groups excluding carboxylic acids is 2. The highest BCUT2D eigenvalue weighted by molar-refractivity contribution is 5.91. The minimum atomic E-state index is -1.07. The number of aromatic nitrogens is 4. The summed E-state index contributed by atoms with van der Waals surface area (Å²) in [6.45, 7) is 8.78. The smallest absolute Gasteiger partial charge is 0.407 e. The van der Waals surface area contributed by atoms with Crippen LogP contribution in [0.3, 0.4) is 0 Å². The van der Waals surface area contributed by atoms with Gasteiger partial charge < -0.3 is 25.2 Å². The van der Waals surface area contributed by atoms with Crippen molar-refractivity contribution < 1.29 is 24.2 Å². The van der Waals surface area contributed by atoms with Crippen molar-refractivity contribution in [1.29, 1.82) is 0 Å². The fraction of sp³-hybridized carbons (Fsp3) is 0.600. The van der Waals surface area contributed by atoms with E-state index in [9.17, 15) is 14.7 Å². The van der Waals surface area contributed by atoms with Gasteiger partial charge in [0.25, 0.3) is 0 Å². The highest BCUT2D eigenvalue weighted by atomic mass is 16.6. The predicted octanol–water partition coefficient (Wildman–Crippen LogP) is 3.07. The SMILES string of the molecule is COc1ncc(-c2cnc(N(C(=O)NCC(C)(C)O)[C@H]3CC[C@H](NC(=O)OC(C)(C)C)CC3)cn2)cn1. The van der Waals surface area contributed by atoms with E-state index in [0.29, 0.717) is 42.8 Å². The van der Waals surface area contributed by atoms with E-state index < -0.39 is 17.3 Å². The van der Waals surface area contributed by atoms with Crippen molar-refractivity contribution in [2.45, 2.75) is 83.6 Å². The fourth-order valence-corrected chi connectivity index (χ4v) is 3.94. The number of ether oxygens (including phenoxy) is 2. The molecule has 12 nitrogen and oxygen atoms in total. The maximum Gasteiger partial charge on any atom is 0.407 e. The summed E-state index contributed by atoms with van der Waals surface area (Å²) in [5.74, 6) is 0.384. The largest absolute Gasteiger partial charge is 0.467 e. The summed E-state index contributed by atoms with van der Waals surface area (Å²) in [5.41, 5.74) is -0.431. The van der Waals surface area contributed by atoms with Crippen molar-refractivity contribution in [1.82, 2.24) is 30.6 Å². The first-order chi connectivity index (χ1) is 17.3. The maximum atomic E-state index is 13.2. The molecule has 1 saturated carbocycles. The number of hydrogen-bond donors (Lipinski definition) is 3. The Morgan fingerprint density at radius 3 is 2.16 bits per heavy atom. The molecule has 1 aliphatic carbocycles. The first-order valence-electron chi connectivity index (χ1n) is 12.3. The summed E-state index contributed by atoms with van der Waals surface area (Å²) in [4.78, 5) is 44.2. The summed E-state index contributed by atoms with van der Waals surface area (Å²) in [6, 6.07) is -0.334. The second-order valence-electron chi connectivity index (χ2n) is 10.7. The molecule has 37 heavy (non-hydrogen) atoms. The molecule has 0 unspecified atom stereocenters. The van der Waals surface area contributed by atoms with Gasteiger partial charge in [0.15, 0.2) is 5.82 Å². The lowest BCUT2D eigenvalue weighted by atomic mass is 9.90. The van der Waals surface area contributed by atoms with Crippen LogP contribution in [0.1, 0.15) is 60.3 Å². The van der Waals surface area contributed by atoms with Gasteiger partial charge in [0.05, 0.1) is 30.8 Å². The van der Waals surface area contributed by atoms with Crippen LogP contribution in [0.4, 0.5) is 15.4 Å². The lowest BCUT2D eigenvalue weighted by Crippen LogP contribution is -2.52. The molecule has 1 fully saturated rings. The minimum Gasteiger partial charge on any atom is -0.467 e. The van der Waals surface area contributed by atoms with E-state index in [0.717, 1.165) is 0 Å². The lowest BCUT2D eigenvalue weighted by Gasteiger charge is -2.36. The molecule has 1 aliphatic rings. The van der Waals surface area contributed by atoms with Gasteiger partial charge in [-0.15, -0.1) is 0 Å². The van der Waals surface area contributed by atoms with Crippen molar-refractivity contribution >= 4 is 17.9 Å². The number of urea groups is 1. The molecule has 0 radical (unpaired) electrons. The number of aliphatic hydroxyl groups is 1. The van der Waals surface area contributed by atoms with Gasteiger partial charge >= 0.3 is 18.1 Å². The maximum absolute atomic E-state index is 13.2. The van der Waals surface area contributed by atoms with E-state index in [1.54, 1.807) is 37.3 Å². The van der Waals surface area contributed by atoms with Crippen molar-refractivity contribution in [2.24, 2.45) is 0 Å². The number of methoxy groups -OCH3 is 1. The number of rotatable bonds is 7. The Morgan fingerprint density at radius 1 is 1.00 bits per heavy atom. The van der Waals surface area contributed by atoms with Gasteiger partial charge in [0.2, 0.25) is 0 Å². The lowest BCUT2D eigenvalue weighted by molar-refractivity contribution is 0.0491. The molecule has 0 spiro atoms. The molecule has 0 saturated heterocycles. The third-order valence-corrected chi connectivity index (χ3v) is 5.67. The Bertz CT molecular complexity index is 1040. The van der Waals surface area contributed by atoms with Gasteiger partial charge in [0, 0.05) is 36.6 Å². The van der Waals surface area contributed by atoms with E-state index >= 15 is 0 Å². The number of nitrogens with zero attached hydrogens (tertiary/aromatic N) is 5. The standard InChI is InChI=1S/C25H37N7O5/c1-24(2,3)37-23(34)31-17-7-9-18(10-8-17)32(22(33)30-15-25(4,5)35)20-14-26-19(13-27-20)16-11-28-21(36-6)29-12-16/h11-14,17-18,35H,7-10,15H2,1-6H3,(H,30,33)(H,31,34)/t17-,18-. The van der Waals surface area contributed by atoms with Crippen molar-refractivity contribution in [3.8, 4) is 17.3 Å². The Labute approximate surface area is 217 Å². The average molecular weight is 516 g/mol. The number of amides is 3. The van der Waals surface area contributed by atoms with Gasteiger partial charge in [-0.3, -0.25) is 9.88 Å². The van der Waals surface area contributed by atoms with Crippen LogP contribution >= 0.6 is 0 Å². The van der Waals surface area contributed by atoms with E-state index in [4.69, 9.17) is 9.47 Å². The van der Waals surface area contributed by atoms with E-state index in [-0.39, 0.29) is 30.7 Å². The molecule has 202 valence electrons. The summed E-state index contributed by atoms with van der Waals surface area (Å²) < 4.78 is 10.4. The first-order valence-corrected chi connectivity index (χ1v) is 12.3. The molecule has 0 atom stereocenters. The number of nitrogens with one attached hydrogen (secondary N) is 2. The number of carbonyl (C=O) groups is 2. The fourth-order valence-electron chi connectivity index (χ4n) is 3.94. The molecule has 12 heteroatoms. The monoisotopic (exact) mass is 515 g/mol. The topological polar surface area (TPSA) is 152 Å². The quantitative estimate of drug-likeness (QED) is 0.505. The molecular formula is C25H37N7O5. The molecule has 2 heterocycles. The van der Waals surface area contributed by atoms with E-state index in [1.165, 1.54) is 13.3 Å². The minimum absolute atomic E-state index is 0.0454. The van der Waals surface area contributed by atoms with E-state index in [2.05, 4.69) is 30.6 Å². The van der Waals surface area contributed by atoms with E-state index in [1.807, 2.05) is 20.8 Å². The van der Waals surface area contributed by atoms with Gasteiger partial charge in [-0.25, -0.2) is 24.5 Å². The van der Waals surface area contributed by atoms with Crippen LogP contribution in [0.2, 0.25) is 0 Å². The normalized spacial score (nSPS) is 18.0. The molecule has 3 rings (SSSR count). The van der Waals surface area contributed by atoms with Crippen LogP contribution in [0.15, 0.2) is 24.8 Å². The molecule has 0 aromatic carbocycles. The molecule has 2 aromatic rings. The Balaban J connectivity index is 1.73. The van der Waals surface area contributed by atoms with Gasteiger partial charge in [-0.1, -0.05) is 0 Å². The highest BCUT2D eigenvalue weighted by Gasteiger charge is 2.32.